The number of halogens is 1. The van der Waals surface area contributed by atoms with Crippen LogP contribution in [0.15, 0.2) is 53.5 Å². The zero-order valence-electron chi connectivity index (χ0n) is 14.0. The third-order valence-electron chi connectivity index (χ3n) is 3.23. The fraction of sp³-hybridized carbons (Fsp3) is 0.278. The van der Waals surface area contributed by atoms with Gasteiger partial charge in [0.2, 0.25) is 0 Å². The van der Waals surface area contributed by atoms with E-state index in [-0.39, 0.29) is 24.0 Å². The third kappa shape index (κ3) is 6.76. The van der Waals surface area contributed by atoms with Crippen molar-refractivity contribution in [1.29, 1.82) is 0 Å². The summed E-state index contributed by atoms with van der Waals surface area (Å²) in [7, 11) is 1.65. The fourth-order valence-electron chi connectivity index (χ4n) is 2.04. The molecule has 0 unspecified atom stereocenters. The molecule has 0 saturated heterocycles. The van der Waals surface area contributed by atoms with Gasteiger partial charge in [-0.2, -0.15) is 0 Å². The van der Waals surface area contributed by atoms with Crippen molar-refractivity contribution in [3.8, 4) is 5.75 Å². The molecule has 5 nitrogen and oxygen atoms in total. The summed E-state index contributed by atoms with van der Waals surface area (Å²) in [6, 6.07) is 15.8. The number of hydrogen-bond acceptors (Lipinski definition) is 3. The number of nitrogens with two attached hydrogens (primary N) is 1. The van der Waals surface area contributed by atoms with E-state index < -0.39 is 0 Å². The van der Waals surface area contributed by atoms with E-state index in [2.05, 4.69) is 10.3 Å². The first kappa shape index (κ1) is 20.2. The van der Waals surface area contributed by atoms with E-state index in [0.29, 0.717) is 25.7 Å². The summed E-state index contributed by atoms with van der Waals surface area (Å²) in [5.41, 5.74) is 8.97. The van der Waals surface area contributed by atoms with E-state index in [9.17, 15) is 0 Å². The smallest absolute Gasteiger partial charge is 0.193 e. The highest BCUT2D eigenvalue weighted by molar-refractivity contribution is 14.0. The first-order valence-electron chi connectivity index (χ1n) is 7.52. The normalized spacial score (nSPS) is 10.8. The Balaban J connectivity index is 0.00000288. The van der Waals surface area contributed by atoms with E-state index in [1.807, 2.05) is 55.5 Å². The molecule has 0 spiro atoms. The van der Waals surface area contributed by atoms with Crippen molar-refractivity contribution in [3.63, 3.8) is 0 Å². The van der Waals surface area contributed by atoms with Crippen molar-refractivity contribution in [2.75, 3.05) is 25.6 Å². The average molecular weight is 441 g/mol. The number of rotatable bonds is 7. The van der Waals surface area contributed by atoms with Gasteiger partial charge in [-0.1, -0.05) is 30.3 Å². The molecule has 0 amide bonds. The minimum absolute atomic E-state index is 0. The van der Waals surface area contributed by atoms with E-state index in [4.69, 9.17) is 15.2 Å². The monoisotopic (exact) mass is 441 g/mol. The van der Waals surface area contributed by atoms with Gasteiger partial charge in [0.25, 0.3) is 0 Å². The molecule has 0 aliphatic heterocycles. The Hall–Kier alpha value is -1.80. The summed E-state index contributed by atoms with van der Waals surface area (Å²) < 4.78 is 10.8. The van der Waals surface area contributed by atoms with Gasteiger partial charge in [0, 0.05) is 18.4 Å². The second-order valence-electron chi connectivity index (χ2n) is 5.14. The van der Waals surface area contributed by atoms with Crippen molar-refractivity contribution in [1.82, 2.24) is 0 Å². The zero-order chi connectivity index (χ0) is 16.5. The van der Waals surface area contributed by atoms with Crippen molar-refractivity contribution >= 4 is 35.6 Å². The van der Waals surface area contributed by atoms with Crippen LogP contribution in [0.25, 0.3) is 0 Å². The topological polar surface area (TPSA) is 68.9 Å². The Morgan fingerprint density at radius 1 is 1.12 bits per heavy atom. The van der Waals surface area contributed by atoms with Crippen LogP contribution in [0.1, 0.15) is 11.1 Å². The summed E-state index contributed by atoms with van der Waals surface area (Å²) >= 11 is 0. The number of guanidine groups is 1. The number of para-hydroxylation sites is 1. The highest BCUT2D eigenvalue weighted by Gasteiger charge is 2.04. The van der Waals surface area contributed by atoms with Crippen molar-refractivity contribution < 1.29 is 9.47 Å². The number of aliphatic imine (C=N–C) groups is 1. The van der Waals surface area contributed by atoms with Crippen LogP contribution in [0.2, 0.25) is 0 Å². The van der Waals surface area contributed by atoms with Crippen LogP contribution in [0, 0.1) is 6.92 Å². The predicted octanol–water partition coefficient (Wildman–Crippen LogP) is 3.57. The molecule has 0 bridgehead atoms. The largest absolute Gasteiger partial charge is 0.491 e. The standard InChI is InChI=1S/C18H23N3O2.HI/c1-14-8-9-15(17(12-14)23-11-10-22-2)13-20-18(19)21-16-6-4-3-5-7-16;/h3-9,12H,10-11,13H2,1-2H3,(H3,19,20,21);1H. The van der Waals surface area contributed by atoms with Crippen LogP contribution in [0.3, 0.4) is 0 Å². The average Bonchev–Trinajstić information content (AvgIpc) is 2.55. The van der Waals surface area contributed by atoms with Gasteiger partial charge in [-0.05, 0) is 30.7 Å². The summed E-state index contributed by atoms with van der Waals surface area (Å²) in [5.74, 6) is 1.19. The number of hydrogen-bond donors (Lipinski definition) is 2. The fourth-order valence-corrected chi connectivity index (χ4v) is 2.04. The number of aryl methyl sites for hydroxylation is 1. The number of methoxy groups -OCH3 is 1. The Morgan fingerprint density at radius 2 is 1.88 bits per heavy atom. The molecule has 0 aliphatic rings. The number of benzene rings is 2. The second-order valence-corrected chi connectivity index (χ2v) is 5.14. The molecule has 2 aromatic rings. The Bertz CT molecular complexity index is 648. The lowest BCUT2D eigenvalue weighted by atomic mass is 10.1. The summed E-state index contributed by atoms with van der Waals surface area (Å²) in [6.07, 6.45) is 0. The van der Waals surface area contributed by atoms with Crippen LogP contribution < -0.4 is 15.8 Å². The molecule has 6 heteroatoms. The van der Waals surface area contributed by atoms with E-state index in [1.54, 1.807) is 7.11 Å². The molecule has 0 aliphatic carbocycles. The molecule has 2 aromatic carbocycles. The van der Waals surface area contributed by atoms with Gasteiger partial charge in [-0.3, -0.25) is 0 Å². The SMILES string of the molecule is COCCOc1cc(C)ccc1CN=C(N)Nc1ccccc1.I. The Labute approximate surface area is 160 Å². The maximum absolute atomic E-state index is 5.93. The third-order valence-corrected chi connectivity index (χ3v) is 3.23. The number of nitrogens with zero attached hydrogens (tertiary/aromatic N) is 1. The summed E-state index contributed by atoms with van der Waals surface area (Å²) in [4.78, 5) is 4.38. The van der Waals surface area contributed by atoms with Crippen molar-refractivity contribution in [2.45, 2.75) is 13.5 Å². The Morgan fingerprint density at radius 3 is 2.58 bits per heavy atom. The lowest BCUT2D eigenvalue weighted by molar-refractivity contribution is 0.146. The molecule has 24 heavy (non-hydrogen) atoms. The highest BCUT2D eigenvalue weighted by atomic mass is 127. The lowest BCUT2D eigenvalue weighted by Gasteiger charge is -2.11. The Kier molecular flexibility index (Phi) is 9.18. The van der Waals surface area contributed by atoms with Gasteiger partial charge in [0.15, 0.2) is 5.96 Å². The second kappa shape index (κ2) is 10.9. The van der Waals surface area contributed by atoms with Gasteiger partial charge in [-0.15, -0.1) is 24.0 Å². The minimum Gasteiger partial charge on any atom is -0.491 e. The molecular formula is C18H24IN3O2. The highest BCUT2D eigenvalue weighted by Crippen LogP contribution is 2.21. The number of anilines is 1. The summed E-state index contributed by atoms with van der Waals surface area (Å²) in [5, 5.41) is 3.06. The van der Waals surface area contributed by atoms with Crippen LogP contribution in [-0.2, 0) is 11.3 Å². The quantitative estimate of drug-likeness (QED) is 0.299. The molecule has 2 rings (SSSR count). The van der Waals surface area contributed by atoms with E-state index >= 15 is 0 Å². The van der Waals surface area contributed by atoms with Crippen molar-refractivity contribution in [3.05, 3.63) is 59.7 Å². The molecule has 0 saturated carbocycles. The maximum atomic E-state index is 5.93. The van der Waals surface area contributed by atoms with Gasteiger partial charge < -0.3 is 20.5 Å². The van der Waals surface area contributed by atoms with E-state index in [1.165, 1.54) is 0 Å². The molecule has 130 valence electrons. The van der Waals surface area contributed by atoms with Gasteiger partial charge in [0.1, 0.15) is 12.4 Å². The van der Waals surface area contributed by atoms with Crippen molar-refractivity contribution in [2.24, 2.45) is 10.7 Å². The maximum Gasteiger partial charge on any atom is 0.193 e. The summed E-state index contributed by atoms with van der Waals surface area (Å²) in [6.45, 7) is 3.54. The first-order valence-corrected chi connectivity index (χ1v) is 7.52. The predicted molar refractivity (Wildman–Crippen MR) is 109 cm³/mol. The van der Waals surface area contributed by atoms with Gasteiger partial charge >= 0.3 is 0 Å². The van der Waals surface area contributed by atoms with Crippen LogP contribution in [-0.4, -0.2) is 26.3 Å². The number of nitrogens with one attached hydrogen (secondary N) is 1. The number of ether oxygens (including phenoxy) is 2. The van der Waals surface area contributed by atoms with Gasteiger partial charge in [-0.25, -0.2) is 4.99 Å². The lowest BCUT2D eigenvalue weighted by Crippen LogP contribution is -2.22. The molecule has 3 N–H and O–H groups in total. The van der Waals surface area contributed by atoms with Crippen LogP contribution in [0.4, 0.5) is 5.69 Å². The molecular weight excluding hydrogens is 417 g/mol. The molecule has 0 heterocycles. The van der Waals surface area contributed by atoms with E-state index in [0.717, 1.165) is 22.6 Å². The molecule has 0 aromatic heterocycles. The molecule has 0 radical (unpaired) electrons. The molecule has 0 atom stereocenters. The van der Waals surface area contributed by atoms with Crippen LogP contribution in [0.5, 0.6) is 5.75 Å². The molecule has 0 fully saturated rings. The van der Waals surface area contributed by atoms with Gasteiger partial charge in [0.05, 0.1) is 13.2 Å². The zero-order valence-corrected chi connectivity index (χ0v) is 16.3. The minimum atomic E-state index is 0. The first-order chi connectivity index (χ1) is 11.2. The van der Waals surface area contributed by atoms with Crippen LogP contribution >= 0.6 is 24.0 Å².